The fourth-order valence-corrected chi connectivity index (χ4v) is 4.06. The summed E-state index contributed by atoms with van der Waals surface area (Å²) >= 11 is 5.58. The Balaban J connectivity index is 1.58. The highest BCUT2D eigenvalue weighted by Gasteiger charge is 2.45. The standard InChI is InChI=1S/C26H24N4O5S/c1-34-20-12-8-18(9-13-20)27-23(31)16-22-25(33)29(19-10-14-21(35-2)15-11-19)26(36)30(22)28-24(32)17-6-4-3-5-7-17/h3-15,22H,16H2,1-2H3,(H,27,31)(H,28,32). The van der Waals surface area contributed by atoms with E-state index in [1.165, 1.54) is 9.91 Å². The van der Waals surface area contributed by atoms with E-state index in [9.17, 15) is 14.4 Å². The second-order valence-electron chi connectivity index (χ2n) is 7.83. The molecule has 1 saturated heterocycles. The minimum absolute atomic E-state index is 0.0525. The van der Waals surface area contributed by atoms with Crippen molar-refractivity contribution in [2.24, 2.45) is 0 Å². The maximum absolute atomic E-state index is 13.5. The lowest BCUT2D eigenvalue weighted by molar-refractivity contribution is -0.124. The molecule has 0 bridgehead atoms. The largest absolute Gasteiger partial charge is 0.497 e. The first-order valence-electron chi connectivity index (χ1n) is 11.0. The van der Waals surface area contributed by atoms with Crippen molar-refractivity contribution in [1.82, 2.24) is 10.4 Å². The zero-order chi connectivity index (χ0) is 25.7. The Bertz CT molecular complexity index is 1270. The van der Waals surface area contributed by atoms with Crippen molar-refractivity contribution in [1.29, 1.82) is 0 Å². The Morgan fingerprint density at radius 1 is 0.889 bits per heavy atom. The van der Waals surface area contributed by atoms with Gasteiger partial charge in [-0.1, -0.05) is 18.2 Å². The highest BCUT2D eigenvalue weighted by Crippen LogP contribution is 2.28. The lowest BCUT2D eigenvalue weighted by Crippen LogP contribution is -2.49. The molecule has 4 rings (SSSR count). The molecule has 0 saturated carbocycles. The van der Waals surface area contributed by atoms with Crippen LogP contribution in [0.5, 0.6) is 11.5 Å². The summed E-state index contributed by atoms with van der Waals surface area (Å²) in [6.45, 7) is 0. The van der Waals surface area contributed by atoms with Gasteiger partial charge in [-0.2, -0.15) is 0 Å². The Morgan fingerprint density at radius 2 is 1.47 bits per heavy atom. The number of anilines is 2. The molecule has 1 aliphatic rings. The monoisotopic (exact) mass is 504 g/mol. The van der Waals surface area contributed by atoms with Crippen molar-refractivity contribution in [3.05, 3.63) is 84.4 Å². The molecule has 0 aromatic heterocycles. The number of carbonyl (C=O) groups is 3. The van der Waals surface area contributed by atoms with Crippen molar-refractivity contribution < 1.29 is 23.9 Å². The highest BCUT2D eigenvalue weighted by atomic mass is 32.1. The molecule has 3 aromatic carbocycles. The van der Waals surface area contributed by atoms with E-state index in [0.717, 1.165) is 0 Å². The number of thiocarbonyl (C=S) groups is 1. The van der Waals surface area contributed by atoms with Gasteiger partial charge in [0.1, 0.15) is 17.5 Å². The third-order valence-electron chi connectivity index (χ3n) is 5.56. The van der Waals surface area contributed by atoms with Crippen molar-refractivity contribution in [3.8, 4) is 11.5 Å². The first-order valence-corrected chi connectivity index (χ1v) is 11.4. The number of nitrogens with zero attached hydrogens (tertiary/aromatic N) is 2. The van der Waals surface area contributed by atoms with Crippen molar-refractivity contribution in [2.45, 2.75) is 12.5 Å². The lowest BCUT2D eigenvalue weighted by atomic mass is 10.1. The Labute approximate surface area is 213 Å². The predicted molar refractivity (Wildman–Crippen MR) is 139 cm³/mol. The summed E-state index contributed by atoms with van der Waals surface area (Å²) < 4.78 is 10.3. The number of rotatable bonds is 8. The van der Waals surface area contributed by atoms with Gasteiger partial charge in [0.15, 0.2) is 0 Å². The second-order valence-corrected chi connectivity index (χ2v) is 8.19. The Hall–Kier alpha value is -4.44. The number of hydrazine groups is 1. The van der Waals surface area contributed by atoms with Crippen LogP contribution in [0.4, 0.5) is 11.4 Å². The number of nitrogens with one attached hydrogen (secondary N) is 2. The molecule has 1 fully saturated rings. The highest BCUT2D eigenvalue weighted by molar-refractivity contribution is 7.80. The summed E-state index contributed by atoms with van der Waals surface area (Å²) in [6.07, 6.45) is -0.243. The number of hydrogen-bond acceptors (Lipinski definition) is 6. The van der Waals surface area contributed by atoms with Gasteiger partial charge >= 0.3 is 0 Å². The number of hydrogen-bond donors (Lipinski definition) is 2. The van der Waals surface area contributed by atoms with E-state index in [1.807, 2.05) is 0 Å². The molecule has 184 valence electrons. The molecule has 9 nitrogen and oxygen atoms in total. The van der Waals surface area contributed by atoms with Gasteiger partial charge in [0.2, 0.25) is 11.0 Å². The summed E-state index contributed by atoms with van der Waals surface area (Å²) in [5, 5.41) is 4.09. The van der Waals surface area contributed by atoms with Crippen LogP contribution in [0, 0.1) is 0 Å². The third-order valence-corrected chi connectivity index (χ3v) is 5.93. The van der Waals surface area contributed by atoms with E-state index < -0.39 is 23.8 Å². The summed E-state index contributed by atoms with van der Waals surface area (Å²) in [7, 11) is 3.09. The minimum Gasteiger partial charge on any atom is -0.497 e. The smallest absolute Gasteiger partial charge is 0.269 e. The summed E-state index contributed by atoms with van der Waals surface area (Å²) in [5.41, 5.74) is 4.12. The van der Waals surface area contributed by atoms with Crippen molar-refractivity contribution in [3.63, 3.8) is 0 Å². The van der Waals surface area contributed by atoms with Crippen LogP contribution in [-0.4, -0.2) is 48.1 Å². The van der Waals surface area contributed by atoms with Gasteiger partial charge in [0.25, 0.3) is 11.8 Å². The van der Waals surface area contributed by atoms with E-state index in [4.69, 9.17) is 21.7 Å². The molecule has 1 unspecified atom stereocenters. The number of benzene rings is 3. The summed E-state index contributed by atoms with van der Waals surface area (Å²) in [6, 6.07) is 21.0. The molecule has 10 heteroatoms. The van der Waals surface area contributed by atoms with E-state index in [0.29, 0.717) is 28.4 Å². The van der Waals surface area contributed by atoms with Gasteiger partial charge in [-0.05, 0) is 72.9 Å². The number of methoxy groups -OCH3 is 2. The van der Waals surface area contributed by atoms with Crippen molar-refractivity contribution in [2.75, 3.05) is 24.4 Å². The summed E-state index contributed by atoms with van der Waals surface area (Å²) in [5.74, 6) is -0.0571. The minimum atomic E-state index is -1.05. The molecule has 36 heavy (non-hydrogen) atoms. The zero-order valence-electron chi connectivity index (χ0n) is 19.6. The molecule has 1 heterocycles. The fourth-order valence-electron chi connectivity index (χ4n) is 3.69. The van der Waals surface area contributed by atoms with Crippen molar-refractivity contribution >= 4 is 46.4 Å². The van der Waals surface area contributed by atoms with Crippen LogP contribution in [0.15, 0.2) is 78.9 Å². The quantitative estimate of drug-likeness (QED) is 0.454. The van der Waals surface area contributed by atoms with Crippen LogP contribution < -0.4 is 25.1 Å². The fraction of sp³-hybridized carbons (Fsp3) is 0.154. The van der Waals surface area contributed by atoms with Gasteiger partial charge in [0.05, 0.1) is 26.3 Å². The molecule has 0 radical (unpaired) electrons. The Morgan fingerprint density at radius 3 is 2.06 bits per heavy atom. The maximum atomic E-state index is 13.5. The number of ether oxygens (including phenoxy) is 2. The molecule has 0 aliphatic carbocycles. The molecular formula is C26H24N4O5S. The molecule has 0 spiro atoms. The lowest BCUT2D eigenvalue weighted by Gasteiger charge is -2.24. The number of amides is 3. The van der Waals surface area contributed by atoms with Gasteiger partial charge in [-0.3, -0.25) is 24.7 Å². The van der Waals surface area contributed by atoms with Gasteiger partial charge < -0.3 is 14.8 Å². The van der Waals surface area contributed by atoms with Crippen LogP contribution in [0.1, 0.15) is 16.8 Å². The number of carbonyl (C=O) groups excluding carboxylic acids is 3. The zero-order valence-corrected chi connectivity index (χ0v) is 20.5. The molecule has 1 atom stereocenters. The van der Waals surface area contributed by atoms with E-state index >= 15 is 0 Å². The maximum Gasteiger partial charge on any atom is 0.269 e. The van der Waals surface area contributed by atoms with Gasteiger partial charge in [0, 0.05) is 11.3 Å². The first kappa shape index (κ1) is 24.7. The molecule has 1 aliphatic heterocycles. The van der Waals surface area contributed by atoms with Crippen LogP contribution in [0.3, 0.4) is 0 Å². The van der Waals surface area contributed by atoms with E-state index in [2.05, 4.69) is 10.7 Å². The Kier molecular flexibility index (Phi) is 7.45. The topological polar surface area (TPSA) is 100 Å². The van der Waals surface area contributed by atoms with Gasteiger partial charge in [-0.15, -0.1) is 0 Å². The van der Waals surface area contributed by atoms with E-state index in [-0.39, 0.29) is 11.5 Å². The average molecular weight is 505 g/mol. The van der Waals surface area contributed by atoms with Crippen LogP contribution >= 0.6 is 12.2 Å². The third kappa shape index (κ3) is 5.28. The summed E-state index contributed by atoms with van der Waals surface area (Å²) in [4.78, 5) is 40.6. The van der Waals surface area contributed by atoms with Crippen LogP contribution in [0.25, 0.3) is 0 Å². The van der Waals surface area contributed by atoms with Gasteiger partial charge in [-0.25, -0.2) is 5.01 Å². The molecule has 2 N–H and O–H groups in total. The average Bonchev–Trinajstić information content (AvgIpc) is 3.13. The SMILES string of the molecule is COc1ccc(NC(=O)CC2C(=O)N(c3ccc(OC)cc3)C(=S)N2NC(=O)c2ccccc2)cc1. The molecule has 3 amide bonds. The first-order chi connectivity index (χ1) is 17.4. The molecular weight excluding hydrogens is 480 g/mol. The molecule has 3 aromatic rings. The van der Waals surface area contributed by atoms with Crippen LogP contribution in [-0.2, 0) is 9.59 Å². The normalized spacial score (nSPS) is 15.0. The predicted octanol–water partition coefficient (Wildman–Crippen LogP) is 3.38. The van der Waals surface area contributed by atoms with E-state index in [1.54, 1.807) is 93.1 Å². The van der Waals surface area contributed by atoms with Crippen LogP contribution in [0.2, 0.25) is 0 Å². The second kappa shape index (κ2) is 10.9.